The lowest BCUT2D eigenvalue weighted by atomic mass is 10.0. The Morgan fingerprint density at radius 2 is 2.11 bits per heavy atom. The van der Waals surface area contributed by atoms with Crippen molar-refractivity contribution in [1.82, 2.24) is 10.3 Å². The normalized spacial score (nSPS) is 12.2. The zero-order chi connectivity index (χ0) is 13.8. The summed E-state index contributed by atoms with van der Waals surface area (Å²) in [5.41, 5.74) is 2.87. The highest BCUT2D eigenvalue weighted by atomic mass is 79.9. The minimum absolute atomic E-state index is 0.0460. The molecule has 4 nitrogen and oxygen atoms in total. The maximum absolute atomic E-state index is 5.52. The van der Waals surface area contributed by atoms with E-state index in [0.29, 0.717) is 0 Å². The molecular weight excluding hydrogens is 328 g/mol. The highest BCUT2D eigenvalue weighted by Crippen LogP contribution is 2.41. The Hall–Kier alpha value is -1.11. The molecule has 0 spiro atoms. The fourth-order valence-electron chi connectivity index (χ4n) is 1.96. The summed E-state index contributed by atoms with van der Waals surface area (Å²) in [6.45, 7) is 0. The lowest BCUT2D eigenvalue weighted by Gasteiger charge is -2.20. The van der Waals surface area contributed by atoms with Gasteiger partial charge in [0.05, 0.1) is 25.8 Å². The van der Waals surface area contributed by atoms with Crippen LogP contribution >= 0.6 is 27.3 Å². The standard InChI is InChI=1S/C13H15BrN2O2S/c1-15-12(10-6-16-7-19-10)8-4-5-9(17-2)11(14)13(8)18-3/h4-7,12,15H,1-3H3. The first-order valence-electron chi connectivity index (χ1n) is 5.69. The van der Waals surface area contributed by atoms with Crippen LogP contribution in [0.25, 0.3) is 0 Å². The van der Waals surface area contributed by atoms with Gasteiger partial charge in [0.25, 0.3) is 0 Å². The van der Waals surface area contributed by atoms with Crippen LogP contribution in [0.1, 0.15) is 16.5 Å². The fourth-order valence-corrected chi connectivity index (χ4v) is 3.40. The number of benzene rings is 1. The van der Waals surface area contributed by atoms with Crippen LogP contribution in [0.4, 0.5) is 0 Å². The van der Waals surface area contributed by atoms with E-state index >= 15 is 0 Å². The van der Waals surface area contributed by atoms with E-state index in [4.69, 9.17) is 9.47 Å². The van der Waals surface area contributed by atoms with Crippen molar-refractivity contribution in [3.05, 3.63) is 38.8 Å². The number of aromatic nitrogens is 1. The van der Waals surface area contributed by atoms with E-state index in [1.807, 2.05) is 30.9 Å². The Bertz CT molecular complexity index is 546. The average Bonchev–Trinajstić information content (AvgIpc) is 2.94. The summed E-state index contributed by atoms with van der Waals surface area (Å²) in [4.78, 5) is 5.27. The molecule has 0 aliphatic heterocycles. The molecule has 0 amide bonds. The highest BCUT2D eigenvalue weighted by molar-refractivity contribution is 9.10. The summed E-state index contributed by atoms with van der Waals surface area (Å²) < 4.78 is 11.6. The largest absolute Gasteiger partial charge is 0.495 e. The third-order valence-corrected chi connectivity index (χ3v) is 4.44. The van der Waals surface area contributed by atoms with E-state index in [0.717, 1.165) is 26.4 Å². The van der Waals surface area contributed by atoms with E-state index in [1.165, 1.54) is 0 Å². The van der Waals surface area contributed by atoms with Crippen LogP contribution in [0, 0.1) is 0 Å². The van der Waals surface area contributed by atoms with Gasteiger partial charge >= 0.3 is 0 Å². The molecule has 0 fully saturated rings. The molecule has 0 saturated carbocycles. The zero-order valence-electron chi connectivity index (χ0n) is 10.9. The molecule has 6 heteroatoms. The second kappa shape index (κ2) is 6.36. The number of ether oxygens (including phenoxy) is 2. The predicted octanol–water partition coefficient (Wildman–Crippen LogP) is 3.23. The van der Waals surface area contributed by atoms with Crippen molar-refractivity contribution in [2.45, 2.75) is 6.04 Å². The van der Waals surface area contributed by atoms with Crippen LogP contribution in [-0.4, -0.2) is 26.3 Å². The quantitative estimate of drug-likeness (QED) is 0.905. The van der Waals surface area contributed by atoms with Crippen molar-refractivity contribution in [1.29, 1.82) is 0 Å². The molecule has 0 aliphatic carbocycles. The molecule has 102 valence electrons. The molecule has 0 radical (unpaired) electrons. The first kappa shape index (κ1) is 14.3. The van der Waals surface area contributed by atoms with Gasteiger partial charge in [-0.1, -0.05) is 0 Å². The van der Waals surface area contributed by atoms with Crippen molar-refractivity contribution < 1.29 is 9.47 Å². The minimum atomic E-state index is 0.0460. The van der Waals surface area contributed by atoms with Crippen LogP contribution < -0.4 is 14.8 Å². The number of thiazole rings is 1. The summed E-state index contributed by atoms with van der Waals surface area (Å²) in [5.74, 6) is 1.52. The summed E-state index contributed by atoms with van der Waals surface area (Å²) in [7, 11) is 5.21. The molecule has 2 aromatic rings. The monoisotopic (exact) mass is 342 g/mol. The molecule has 0 bridgehead atoms. The Balaban J connectivity index is 2.52. The number of halogens is 1. The second-order valence-corrected chi connectivity index (χ2v) is 5.54. The summed E-state index contributed by atoms with van der Waals surface area (Å²) in [6.07, 6.45) is 1.86. The fraction of sp³-hybridized carbons (Fsp3) is 0.308. The Labute approximate surface area is 124 Å². The van der Waals surface area contributed by atoms with E-state index < -0.39 is 0 Å². The van der Waals surface area contributed by atoms with E-state index in [2.05, 4.69) is 26.2 Å². The number of hydrogen-bond acceptors (Lipinski definition) is 5. The Morgan fingerprint density at radius 1 is 1.32 bits per heavy atom. The van der Waals surface area contributed by atoms with Crippen molar-refractivity contribution in [3.8, 4) is 11.5 Å². The lowest BCUT2D eigenvalue weighted by molar-refractivity contribution is 0.383. The van der Waals surface area contributed by atoms with Gasteiger partial charge in [-0.05, 0) is 35.1 Å². The van der Waals surface area contributed by atoms with Gasteiger partial charge in [-0.25, -0.2) is 0 Å². The van der Waals surface area contributed by atoms with Crippen molar-refractivity contribution in [2.24, 2.45) is 0 Å². The number of methoxy groups -OCH3 is 2. The first-order valence-corrected chi connectivity index (χ1v) is 7.36. The number of nitrogens with one attached hydrogen (secondary N) is 1. The average molecular weight is 343 g/mol. The third kappa shape index (κ3) is 2.75. The molecule has 19 heavy (non-hydrogen) atoms. The second-order valence-electron chi connectivity index (χ2n) is 3.83. The smallest absolute Gasteiger partial charge is 0.141 e. The summed E-state index contributed by atoms with van der Waals surface area (Å²) in [6, 6.07) is 3.97. The van der Waals surface area contributed by atoms with E-state index in [-0.39, 0.29) is 6.04 Å². The van der Waals surface area contributed by atoms with Gasteiger partial charge in [-0.2, -0.15) is 0 Å². The zero-order valence-corrected chi connectivity index (χ0v) is 13.3. The van der Waals surface area contributed by atoms with Crippen LogP contribution in [-0.2, 0) is 0 Å². The lowest BCUT2D eigenvalue weighted by Crippen LogP contribution is -2.17. The molecule has 1 aromatic heterocycles. The Morgan fingerprint density at radius 3 is 2.63 bits per heavy atom. The predicted molar refractivity (Wildman–Crippen MR) is 80.3 cm³/mol. The van der Waals surface area contributed by atoms with Crippen LogP contribution in [0.3, 0.4) is 0 Å². The molecule has 1 unspecified atom stereocenters. The molecular formula is C13H15BrN2O2S. The minimum Gasteiger partial charge on any atom is -0.495 e. The van der Waals surface area contributed by atoms with Crippen LogP contribution in [0.15, 0.2) is 28.3 Å². The molecule has 1 aromatic carbocycles. The van der Waals surface area contributed by atoms with E-state index in [9.17, 15) is 0 Å². The van der Waals surface area contributed by atoms with Crippen molar-refractivity contribution >= 4 is 27.3 Å². The van der Waals surface area contributed by atoms with Gasteiger partial charge < -0.3 is 14.8 Å². The maximum atomic E-state index is 5.52. The van der Waals surface area contributed by atoms with Gasteiger partial charge in [0.15, 0.2) is 0 Å². The van der Waals surface area contributed by atoms with Crippen molar-refractivity contribution in [3.63, 3.8) is 0 Å². The number of rotatable bonds is 5. The van der Waals surface area contributed by atoms with Gasteiger partial charge in [-0.15, -0.1) is 11.3 Å². The maximum Gasteiger partial charge on any atom is 0.141 e. The molecule has 1 heterocycles. The first-order chi connectivity index (χ1) is 9.22. The molecule has 2 rings (SSSR count). The van der Waals surface area contributed by atoms with Crippen molar-refractivity contribution in [2.75, 3.05) is 21.3 Å². The Kier molecular flexibility index (Phi) is 4.79. The van der Waals surface area contributed by atoms with Gasteiger partial charge in [-0.3, -0.25) is 4.98 Å². The van der Waals surface area contributed by atoms with Crippen LogP contribution in [0.2, 0.25) is 0 Å². The van der Waals surface area contributed by atoms with Crippen LogP contribution in [0.5, 0.6) is 11.5 Å². The molecule has 0 saturated heterocycles. The summed E-state index contributed by atoms with van der Waals surface area (Å²) in [5, 5.41) is 3.29. The highest BCUT2D eigenvalue weighted by Gasteiger charge is 2.21. The van der Waals surface area contributed by atoms with Gasteiger partial charge in [0.2, 0.25) is 0 Å². The van der Waals surface area contributed by atoms with Gasteiger partial charge in [0, 0.05) is 16.6 Å². The number of hydrogen-bond donors (Lipinski definition) is 1. The van der Waals surface area contributed by atoms with Gasteiger partial charge in [0.1, 0.15) is 16.0 Å². The molecule has 1 N–H and O–H groups in total. The number of nitrogens with zero attached hydrogens (tertiary/aromatic N) is 1. The topological polar surface area (TPSA) is 43.4 Å². The summed E-state index contributed by atoms with van der Waals surface area (Å²) >= 11 is 5.13. The van der Waals surface area contributed by atoms with E-state index in [1.54, 1.807) is 25.6 Å². The third-order valence-electron chi connectivity index (χ3n) is 2.85. The molecule has 0 aliphatic rings. The SMILES string of the molecule is CNC(c1cncs1)c1ccc(OC)c(Br)c1OC. The molecule has 1 atom stereocenters.